The van der Waals surface area contributed by atoms with Crippen LogP contribution in [0.1, 0.15) is 18.9 Å². The fourth-order valence-corrected chi connectivity index (χ4v) is 3.42. The maximum atomic E-state index is 11.5. The van der Waals surface area contributed by atoms with E-state index in [-0.39, 0.29) is 11.8 Å². The number of hydrogen-bond acceptors (Lipinski definition) is 5. The highest BCUT2D eigenvalue weighted by atomic mass is 16.5. The molecule has 2 heterocycles. The van der Waals surface area contributed by atoms with Gasteiger partial charge in [-0.1, -0.05) is 50.4 Å². The number of hydrogen-bond donors (Lipinski definition) is 1. The zero-order valence-electron chi connectivity index (χ0n) is 17.3. The number of allylic oxidation sites excluding steroid dienone is 2. The van der Waals surface area contributed by atoms with Gasteiger partial charge < -0.3 is 9.15 Å². The van der Waals surface area contributed by atoms with Crippen molar-refractivity contribution in [2.45, 2.75) is 13.3 Å². The summed E-state index contributed by atoms with van der Waals surface area (Å²) in [6.45, 7) is 9.86. The molecule has 0 saturated carbocycles. The summed E-state index contributed by atoms with van der Waals surface area (Å²) in [5, 5.41) is 4.22. The summed E-state index contributed by atoms with van der Waals surface area (Å²) in [5.74, 6) is 1.19. The monoisotopic (exact) mass is 413 g/mol. The Kier molecular flexibility index (Phi) is 5.80. The quantitative estimate of drug-likeness (QED) is 0.551. The SMILES string of the molecule is C=C/C=C(\C=C)COc1cccc(-c2nc3ccc(C4=NNC(=O)CC4C)cc3o2)c1. The third-order valence-corrected chi connectivity index (χ3v) is 5.02. The number of carbonyl (C=O) groups excluding carboxylic acids is 1. The number of nitrogens with zero attached hydrogens (tertiary/aromatic N) is 2. The topological polar surface area (TPSA) is 76.7 Å². The molecule has 2 aromatic carbocycles. The number of rotatable bonds is 7. The van der Waals surface area contributed by atoms with Crippen LogP contribution in [0.25, 0.3) is 22.6 Å². The van der Waals surface area contributed by atoms with Crippen LogP contribution < -0.4 is 10.2 Å². The zero-order valence-corrected chi connectivity index (χ0v) is 17.3. The van der Waals surface area contributed by atoms with Gasteiger partial charge in [-0.15, -0.1) is 0 Å². The summed E-state index contributed by atoms with van der Waals surface area (Å²) in [6.07, 6.45) is 5.72. The van der Waals surface area contributed by atoms with Crippen LogP contribution >= 0.6 is 0 Å². The van der Waals surface area contributed by atoms with Gasteiger partial charge in [0.05, 0.1) is 5.71 Å². The van der Waals surface area contributed by atoms with Crippen molar-refractivity contribution in [1.82, 2.24) is 10.4 Å². The number of hydrazone groups is 1. The van der Waals surface area contributed by atoms with E-state index in [4.69, 9.17) is 9.15 Å². The van der Waals surface area contributed by atoms with Gasteiger partial charge in [0.15, 0.2) is 5.58 Å². The van der Waals surface area contributed by atoms with Crippen LogP contribution in [0.4, 0.5) is 0 Å². The number of amides is 1. The minimum absolute atomic E-state index is 0.0398. The number of oxazole rings is 1. The smallest absolute Gasteiger partial charge is 0.240 e. The van der Waals surface area contributed by atoms with Crippen LogP contribution in [0, 0.1) is 5.92 Å². The Balaban J connectivity index is 1.59. The summed E-state index contributed by atoms with van der Waals surface area (Å²) in [4.78, 5) is 16.1. The van der Waals surface area contributed by atoms with E-state index >= 15 is 0 Å². The van der Waals surface area contributed by atoms with Gasteiger partial charge in [-0.05, 0) is 35.9 Å². The molecule has 4 rings (SSSR count). The van der Waals surface area contributed by atoms with Gasteiger partial charge in [0.1, 0.15) is 17.9 Å². The maximum Gasteiger partial charge on any atom is 0.240 e. The Labute approximate surface area is 180 Å². The first kappa shape index (κ1) is 20.3. The Morgan fingerprint density at radius 1 is 1.26 bits per heavy atom. The maximum absolute atomic E-state index is 11.5. The van der Waals surface area contributed by atoms with Gasteiger partial charge in [0.25, 0.3) is 0 Å². The number of aromatic nitrogens is 1. The summed E-state index contributed by atoms with van der Waals surface area (Å²) in [7, 11) is 0. The van der Waals surface area contributed by atoms with E-state index in [2.05, 4.69) is 28.7 Å². The van der Waals surface area contributed by atoms with Gasteiger partial charge in [-0.2, -0.15) is 5.10 Å². The van der Waals surface area contributed by atoms with Gasteiger partial charge in [0.2, 0.25) is 11.8 Å². The largest absolute Gasteiger partial charge is 0.489 e. The molecule has 6 heteroatoms. The molecule has 1 unspecified atom stereocenters. The van der Waals surface area contributed by atoms with Crippen molar-refractivity contribution in [2.75, 3.05) is 6.61 Å². The van der Waals surface area contributed by atoms with Crippen LogP contribution in [0.2, 0.25) is 0 Å². The first-order valence-electron chi connectivity index (χ1n) is 10.0. The van der Waals surface area contributed by atoms with E-state index in [1.165, 1.54) is 0 Å². The molecule has 0 radical (unpaired) electrons. The van der Waals surface area contributed by atoms with Crippen LogP contribution in [-0.4, -0.2) is 23.2 Å². The van der Waals surface area contributed by atoms with E-state index in [1.54, 1.807) is 12.2 Å². The van der Waals surface area contributed by atoms with Crippen molar-refractivity contribution in [3.05, 3.63) is 85.0 Å². The van der Waals surface area contributed by atoms with Crippen LogP contribution in [0.3, 0.4) is 0 Å². The number of carbonyl (C=O) groups is 1. The van der Waals surface area contributed by atoms with Crippen LogP contribution in [0.5, 0.6) is 5.75 Å². The van der Waals surface area contributed by atoms with Crippen molar-refractivity contribution >= 4 is 22.7 Å². The second kappa shape index (κ2) is 8.83. The third kappa shape index (κ3) is 4.48. The lowest BCUT2D eigenvalue weighted by Gasteiger charge is -2.18. The van der Waals surface area contributed by atoms with Crippen molar-refractivity contribution in [2.24, 2.45) is 11.0 Å². The molecule has 0 saturated heterocycles. The predicted octanol–water partition coefficient (Wildman–Crippen LogP) is 5.03. The summed E-state index contributed by atoms with van der Waals surface area (Å²) in [6, 6.07) is 13.4. The van der Waals surface area contributed by atoms with Gasteiger partial charge in [0, 0.05) is 23.5 Å². The Bertz CT molecular complexity index is 1220. The lowest BCUT2D eigenvalue weighted by Crippen LogP contribution is -2.31. The minimum atomic E-state index is -0.0680. The van der Waals surface area contributed by atoms with Crippen LogP contribution in [-0.2, 0) is 4.79 Å². The molecule has 0 aliphatic carbocycles. The second-order valence-corrected chi connectivity index (χ2v) is 7.34. The van der Waals surface area contributed by atoms with Crippen molar-refractivity contribution in [3.63, 3.8) is 0 Å². The Morgan fingerprint density at radius 3 is 2.90 bits per heavy atom. The average molecular weight is 413 g/mol. The zero-order chi connectivity index (χ0) is 21.8. The molecular formula is C25H23N3O3. The second-order valence-electron chi connectivity index (χ2n) is 7.34. The van der Waals surface area contributed by atoms with Crippen LogP contribution in [0.15, 0.2) is 88.9 Å². The average Bonchev–Trinajstić information content (AvgIpc) is 3.20. The molecule has 1 aliphatic rings. The summed E-state index contributed by atoms with van der Waals surface area (Å²) >= 11 is 0. The molecule has 0 spiro atoms. The summed E-state index contributed by atoms with van der Waals surface area (Å²) in [5.41, 5.74) is 7.46. The molecule has 1 aromatic heterocycles. The number of nitrogens with one attached hydrogen (secondary N) is 1. The standard InChI is InChI=1S/C25H23N3O3/c1-4-7-17(5-2)15-30-20-9-6-8-19(13-20)25-26-21-11-10-18(14-22(21)31-25)24-16(3)12-23(29)27-28-24/h4-11,13-14,16H,1-2,12,15H2,3H3,(H,27,29)/b17-7+. The predicted molar refractivity (Wildman–Crippen MR) is 122 cm³/mol. The third-order valence-electron chi connectivity index (χ3n) is 5.02. The summed E-state index contributed by atoms with van der Waals surface area (Å²) < 4.78 is 11.9. The number of fused-ring (bicyclic) bond motifs is 1. The van der Waals surface area contributed by atoms with E-state index in [0.29, 0.717) is 30.3 Å². The normalized spacial score (nSPS) is 16.5. The highest BCUT2D eigenvalue weighted by molar-refractivity contribution is 6.07. The molecule has 0 fully saturated rings. The molecule has 3 aromatic rings. The van der Waals surface area contributed by atoms with Crippen molar-refractivity contribution in [3.8, 4) is 17.2 Å². The van der Waals surface area contributed by atoms with Gasteiger partial charge in [-0.3, -0.25) is 4.79 Å². The molecule has 156 valence electrons. The fourth-order valence-electron chi connectivity index (χ4n) is 3.42. The molecule has 1 N–H and O–H groups in total. The molecule has 31 heavy (non-hydrogen) atoms. The molecular weight excluding hydrogens is 390 g/mol. The van der Waals surface area contributed by atoms with Gasteiger partial charge in [-0.25, -0.2) is 10.4 Å². The lowest BCUT2D eigenvalue weighted by atomic mass is 9.94. The molecule has 1 aliphatic heterocycles. The fraction of sp³-hybridized carbons (Fsp3) is 0.160. The van der Waals surface area contributed by atoms with Gasteiger partial charge >= 0.3 is 0 Å². The van der Waals surface area contributed by atoms with E-state index in [0.717, 1.165) is 27.9 Å². The van der Waals surface area contributed by atoms with E-state index < -0.39 is 0 Å². The molecule has 1 atom stereocenters. The highest BCUT2D eigenvalue weighted by Gasteiger charge is 2.22. The first-order valence-corrected chi connectivity index (χ1v) is 10.0. The Morgan fingerprint density at radius 2 is 2.13 bits per heavy atom. The Hall–Kier alpha value is -3.93. The lowest BCUT2D eigenvalue weighted by molar-refractivity contribution is -0.121. The first-order chi connectivity index (χ1) is 15.1. The highest BCUT2D eigenvalue weighted by Crippen LogP contribution is 2.28. The molecule has 6 nitrogen and oxygen atoms in total. The number of benzene rings is 2. The van der Waals surface area contributed by atoms with E-state index in [1.807, 2.05) is 55.5 Å². The molecule has 0 bridgehead atoms. The van der Waals surface area contributed by atoms with Crippen molar-refractivity contribution in [1.29, 1.82) is 0 Å². The molecule has 1 amide bonds. The van der Waals surface area contributed by atoms with Crippen molar-refractivity contribution < 1.29 is 13.9 Å². The van der Waals surface area contributed by atoms with E-state index in [9.17, 15) is 4.79 Å². The minimum Gasteiger partial charge on any atom is -0.489 e. The number of ether oxygens (including phenoxy) is 1.